The lowest BCUT2D eigenvalue weighted by molar-refractivity contribution is -0.119. The second kappa shape index (κ2) is 10.2. The highest BCUT2D eigenvalue weighted by molar-refractivity contribution is 5.78. The van der Waals surface area contributed by atoms with Gasteiger partial charge < -0.3 is 19.1 Å². The summed E-state index contributed by atoms with van der Waals surface area (Å²) in [6, 6.07) is 8.12. The Hall–Kier alpha value is -2.83. The van der Waals surface area contributed by atoms with Gasteiger partial charge in [-0.3, -0.25) is 4.79 Å². The minimum Gasteiger partial charge on any atom is -0.489 e. The summed E-state index contributed by atoms with van der Waals surface area (Å²) in [5.41, 5.74) is 1.16. The lowest BCUT2D eigenvalue weighted by Gasteiger charge is -2.21. The molecule has 2 heterocycles. The first-order chi connectivity index (χ1) is 15.6. The Morgan fingerprint density at radius 3 is 2.66 bits per heavy atom. The molecule has 1 saturated carbocycles. The predicted molar refractivity (Wildman–Crippen MR) is 123 cm³/mol. The maximum absolute atomic E-state index is 11.7. The third kappa shape index (κ3) is 5.50. The molecule has 7 nitrogen and oxygen atoms in total. The maximum atomic E-state index is 11.7. The van der Waals surface area contributed by atoms with E-state index in [4.69, 9.17) is 14.2 Å². The van der Waals surface area contributed by atoms with Crippen molar-refractivity contribution >= 4 is 11.6 Å². The van der Waals surface area contributed by atoms with Crippen LogP contribution in [0, 0.1) is 5.92 Å². The van der Waals surface area contributed by atoms with Crippen molar-refractivity contribution in [2.45, 2.75) is 58.0 Å². The number of ketones is 1. The molecule has 0 amide bonds. The number of methoxy groups -OCH3 is 1. The summed E-state index contributed by atoms with van der Waals surface area (Å²) < 4.78 is 17.7. The van der Waals surface area contributed by atoms with E-state index in [0.717, 1.165) is 36.6 Å². The Labute approximate surface area is 190 Å². The molecule has 0 bridgehead atoms. The number of nitrogens with zero attached hydrogens (tertiary/aromatic N) is 3. The van der Waals surface area contributed by atoms with Crippen LogP contribution < -0.4 is 19.1 Å². The number of hydrogen-bond donors (Lipinski definition) is 0. The number of Topliss-reactive ketones (excluding diaryl/α,β-unsaturated/α-hetero) is 1. The Morgan fingerprint density at radius 2 is 1.97 bits per heavy atom. The van der Waals surface area contributed by atoms with E-state index in [1.807, 2.05) is 19.1 Å². The fraction of sp³-hybridized carbons (Fsp3) is 0.560. The standard InChI is InChI=1S/C25H33N3O4/c1-4-20(29)13-17(2)19-7-9-21(10-8-19)32-22-11-12-28(14-22)24-23(30-3)25(27-16-26-24)31-15-18-5-6-18/h7-10,16-18,22H,4-6,11-15H2,1-3H3/t17-,22-/m1/s1. The SMILES string of the molecule is CCC(=O)C[C@@H](C)c1ccc(O[C@@H]2CCN(c3ncnc(OCC4CC4)c3OC)C2)cc1. The van der Waals surface area contributed by atoms with Crippen molar-refractivity contribution in [3.8, 4) is 17.4 Å². The summed E-state index contributed by atoms with van der Waals surface area (Å²) in [4.78, 5) is 22.6. The van der Waals surface area contributed by atoms with E-state index in [1.54, 1.807) is 7.11 Å². The molecule has 0 N–H and O–H groups in total. The fourth-order valence-corrected chi connectivity index (χ4v) is 4.02. The van der Waals surface area contributed by atoms with Gasteiger partial charge in [-0.2, -0.15) is 4.98 Å². The third-order valence-electron chi connectivity index (χ3n) is 6.23. The van der Waals surface area contributed by atoms with Crippen molar-refractivity contribution in [1.82, 2.24) is 9.97 Å². The number of hydrogen-bond acceptors (Lipinski definition) is 7. The summed E-state index contributed by atoms with van der Waals surface area (Å²) >= 11 is 0. The first-order valence-corrected chi connectivity index (χ1v) is 11.6. The lowest BCUT2D eigenvalue weighted by Crippen LogP contribution is -2.26. The fourth-order valence-electron chi connectivity index (χ4n) is 4.02. The first-order valence-electron chi connectivity index (χ1n) is 11.6. The van der Waals surface area contributed by atoms with Crippen molar-refractivity contribution < 1.29 is 19.0 Å². The van der Waals surface area contributed by atoms with Crippen LogP contribution >= 0.6 is 0 Å². The summed E-state index contributed by atoms with van der Waals surface area (Å²) in [7, 11) is 1.63. The number of rotatable bonds is 11. The average molecular weight is 440 g/mol. The van der Waals surface area contributed by atoms with E-state index >= 15 is 0 Å². The molecule has 4 rings (SSSR count). The van der Waals surface area contributed by atoms with Crippen LogP contribution in [0.1, 0.15) is 57.4 Å². The molecule has 0 unspecified atom stereocenters. The number of carbonyl (C=O) groups is 1. The Balaban J connectivity index is 1.35. The van der Waals surface area contributed by atoms with Crippen LogP contribution in [0.3, 0.4) is 0 Å². The molecule has 2 aliphatic rings. The molecule has 172 valence electrons. The molecule has 1 aromatic carbocycles. The predicted octanol–water partition coefficient (Wildman–Crippen LogP) is 4.40. The highest BCUT2D eigenvalue weighted by Crippen LogP contribution is 2.37. The summed E-state index contributed by atoms with van der Waals surface area (Å²) in [5, 5.41) is 0. The summed E-state index contributed by atoms with van der Waals surface area (Å²) in [5.74, 6) is 3.87. The Morgan fingerprint density at radius 1 is 1.19 bits per heavy atom. The maximum Gasteiger partial charge on any atom is 0.262 e. The number of ether oxygens (including phenoxy) is 3. The highest BCUT2D eigenvalue weighted by atomic mass is 16.5. The van der Waals surface area contributed by atoms with Gasteiger partial charge in [-0.05, 0) is 42.4 Å². The molecule has 7 heteroatoms. The lowest BCUT2D eigenvalue weighted by atomic mass is 9.95. The Bertz CT molecular complexity index is 914. The molecule has 2 atom stereocenters. The molecule has 1 aromatic heterocycles. The van der Waals surface area contributed by atoms with Crippen LogP contribution in [0.15, 0.2) is 30.6 Å². The number of anilines is 1. The van der Waals surface area contributed by atoms with Gasteiger partial charge >= 0.3 is 0 Å². The van der Waals surface area contributed by atoms with Gasteiger partial charge in [0.25, 0.3) is 5.88 Å². The largest absolute Gasteiger partial charge is 0.489 e. The van der Waals surface area contributed by atoms with E-state index in [2.05, 4.69) is 33.9 Å². The first kappa shape index (κ1) is 22.4. The molecule has 0 radical (unpaired) electrons. The van der Waals surface area contributed by atoms with Crippen molar-refractivity contribution in [2.75, 3.05) is 31.7 Å². The zero-order chi connectivity index (χ0) is 22.5. The monoisotopic (exact) mass is 439 g/mol. The van der Waals surface area contributed by atoms with E-state index in [1.165, 1.54) is 19.2 Å². The minimum atomic E-state index is 0.0652. The van der Waals surface area contributed by atoms with Gasteiger partial charge in [0, 0.05) is 25.8 Å². The zero-order valence-corrected chi connectivity index (χ0v) is 19.3. The second-order valence-corrected chi connectivity index (χ2v) is 8.83. The molecule has 32 heavy (non-hydrogen) atoms. The molecule has 1 aliphatic carbocycles. The van der Waals surface area contributed by atoms with Crippen molar-refractivity contribution in [1.29, 1.82) is 0 Å². The highest BCUT2D eigenvalue weighted by Gasteiger charge is 2.30. The number of aromatic nitrogens is 2. The summed E-state index contributed by atoms with van der Waals surface area (Å²) in [6.45, 7) is 6.23. The van der Waals surface area contributed by atoms with E-state index in [0.29, 0.717) is 42.8 Å². The van der Waals surface area contributed by atoms with Crippen molar-refractivity contribution in [3.63, 3.8) is 0 Å². The van der Waals surface area contributed by atoms with E-state index in [-0.39, 0.29) is 12.0 Å². The van der Waals surface area contributed by atoms with Gasteiger partial charge in [-0.25, -0.2) is 4.98 Å². The van der Waals surface area contributed by atoms with Crippen LogP contribution in [0.25, 0.3) is 0 Å². The third-order valence-corrected chi connectivity index (χ3v) is 6.23. The number of carbonyl (C=O) groups excluding carboxylic acids is 1. The molecule has 1 aliphatic heterocycles. The quantitative estimate of drug-likeness (QED) is 0.514. The van der Waals surface area contributed by atoms with Crippen molar-refractivity contribution in [3.05, 3.63) is 36.2 Å². The molecule has 2 fully saturated rings. The second-order valence-electron chi connectivity index (χ2n) is 8.83. The smallest absolute Gasteiger partial charge is 0.262 e. The van der Waals surface area contributed by atoms with Gasteiger partial charge in [-0.1, -0.05) is 26.0 Å². The molecular formula is C25H33N3O4. The van der Waals surface area contributed by atoms with Crippen molar-refractivity contribution in [2.24, 2.45) is 5.92 Å². The van der Waals surface area contributed by atoms with Crippen LogP contribution in [0.5, 0.6) is 17.4 Å². The average Bonchev–Trinajstić information content (AvgIpc) is 3.54. The summed E-state index contributed by atoms with van der Waals surface area (Å²) in [6.07, 6.45) is 6.13. The molecule has 1 saturated heterocycles. The van der Waals surface area contributed by atoms with Gasteiger partial charge in [0.05, 0.1) is 20.3 Å². The topological polar surface area (TPSA) is 73.8 Å². The minimum absolute atomic E-state index is 0.0652. The Kier molecular flexibility index (Phi) is 7.12. The van der Waals surface area contributed by atoms with Gasteiger partial charge in [0.2, 0.25) is 5.75 Å². The normalized spacial score (nSPS) is 19.0. The van der Waals surface area contributed by atoms with E-state index < -0.39 is 0 Å². The molecule has 2 aromatic rings. The zero-order valence-electron chi connectivity index (χ0n) is 19.3. The van der Waals surface area contributed by atoms with Gasteiger partial charge in [0.1, 0.15) is 24.0 Å². The van der Waals surface area contributed by atoms with Crippen LogP contribution in [-0.4, -0.2) is 48.7 Å². The molecular weight excluding hydrogens is 406 g/mol. The van der Waals surface area contributed by atoms with Crippen LogP contribution in [0.4, 0.5) is 5.82 Å². The van der Waals surface area contributed by atoms with Gasteiger partial charge in [-0.15, -0.1) is 0 Å². The van der Waals surface area contributed by atoms with Crippen LogP contribution in [0.2, 0.25) is 0 Å². The van der Waals surface area contributed by atoms with Crippen LogP contribution in [-0.2, 0) is 4.79 Å². The number of benzene rings is 1. The van der Waals surface area contributed by atoms with E-state index in [9.17, 15) is 4.79 Å². The molecule has 0 spiro atoms. The van der Waals surface area contributed by atoms with Gasteiger partial charge in [0.15, 0.2) is 5.82 Å².